The summed E-state index contributed by atoms with van der Waals surface area (Å²) in [7, 11) is 0. The molecule has 0 aromatic rings. The highest BCUT2D eigenvalue weighted by Gasteiger charge is 2.38. The molecule has 116 valence electrons. The summed E-state index contributed by atoms with van der Waals surface area (Å²) in [5.41, 5.74) is 0. The van der Waals surface area contributed by atoms with Crippen LogP contribution in [0.2, 0.25) is 0 Å². The monoisotopic (exact) mass is 286 g/mol. The molecule has 0 spiro atoms. The van der Waals surface area contributed by atoms with Crippen LogP contribution in [0.15, 0.2) is 0 Å². The summed E-state index contributed by atoms with van der Waals surface area (Å²) in [6.07, 6.45) is 6.21. The van der Waals surface area contributed by atoms with Crippen LogP contribution in [0, 0.1) is 0 Å². The van der Waals surface area contributed by atoms with Crippen LogP contribution in [-0.4, -0.2) is 52.3 Å². The maximum atomic E-state index is 11.9. The maximum Gasteiger partial charge on any atom is 0.326 e. The molecule has 0 unspecified atom stereocenters. The number of aliphatic hydroxyl groups is 1. The molecule has 0 radical (unpaired) electrons. The molecule has 3 N–H and O–H groups in total. The molecule has 0 aromatic heterocycles. The van der Waals surface area contributed by atoms with E-state index in [9.17, 15) is 14.7 Å². The number of carbonyl (C=O) groups is 2. The van der Waals surface area contributed by atoms with Gasteiger partial charge in [-0.2, -0.15) is 0 Å². The molecule has 1 fully saturated rings. The molecule has 1 heterocycles. The van der Waals surface area contributed by atoms with Crippen LogP contribution in [0.5, 0.6) is 0 Å². The average molecular weight is 286 g/mol. The number of aliphatic carboxylic acids is 1. The fourth-order valence-corrected chi connectivity index (χ4v) is 2.47. The first-order chi connectivity index (χ1) is 9.56. The molecule has 2 atom stereocenters. The smallest absolute Gasteiger partial charge is 0.326 e. The highest BCUT2D eigenvalue weighted by atomic mass is 16.4. The zero-order chi connectivity index (χ0) is 15.0. The van der Waals surface area contributed by atoms with E-state index in [0.717, 1.165) is 12.8 Å². The van der Waals surface area contributed by atoms with E-state index in [4.69, 9.17) is 5.11 Å². The number of amides is 2. The number of nitrogens with zero attached hydrogens (tertiary/aromatic N) is 1. The van der Waals surface area contributed by atoms with E-state index >= 15 is 0 Å². The van der Waals surface area contributed by atoms with Crippen molar-refractivity contribution in [1.29, 1.82) is 0 Å². The Kier molecular flexibility index (Phi) is 7.36. The summed E-state index contributed by atoms with van der Waals surface area (Å²) >= 11 is 0. The average Bonchev–Trinajstić information content (AvgIpc) is 2.80. The molecule has 20 heavy (non-hydrogen) atoms. The third kappa shape index (κ3) is 5.36. The number of carboxylic acids is 1. The summed E-state index contributed by atoms with van der Waals surface area (Å²) in [5.74, 6) is -1.06. The Morgan fingerprint density at radius 1 is 1.20 bits per heavy atom. The largest absolute Gasteiger partial charge is 0.480 e. The summed E-state index contributed by atoms with van der Waals surface area (Å²) in [6.45, 7) is 2.83. The molecule has 0 saturated carbocycles. The number of hydrogen-bond acceptors (Lipinski definition) is 3. The van der Waals surface area contributed by atoms with E-state index in [0.29, 0.717) is 6.54 Å². The van der Waals surface area contributed by atoms with Crippen molar-refractivity contribution in [2.75, 3.05) is 13.1 Å². The summed E-state index contributed by atoms with van der Waals surface area (Å²) in [6, 6.07) is -1.29. The highest BCUT2D eigenvalue weighted by Crippen LogP contribution is 2.18. The second-order valence-electron chi connectivity index (χ2n) is 5.40. The van der Waals surface area contributed by atoms with Crippen molar-refractivity contribution in [2.24, 2.45) is 0 Å². The minimum absolute atomic E-state index is 0.0965. The lowest BCUT2D eigenvalue weighted by atomic mass is 10.1. The van der Waals surface area contributed by atoms with Gasteiger partial charge < -0.3 is 20.4 Å². The van der Waals surface area contributed by atoms with E-state index in [1.165, 1.54) is 30.6 Å². The lowest BCUT2D eigenvalue weighted by molar-refractivity contribution is -0.141. The lowest BCUT2D eigenvalue weighted by Crippen LogP contribution is -2.46. The SMILES string of the molecule is CCCCCCCCNC(=O)N1C[C@@H](O)C[C@H]1C(=O)O. The number of likely N-dealkylation sites (tertiary alicyclic amines) is 1. The lowest BCUT2D eigenvalue weighted by Gasteiger charge is -2.21. The Morgan fingerprint density at radius 3 is 2.50 bits per heavy atom. The Hall–Kier alpha value is -1.30. The van der Waals surface area contributed by atoms with E-state index < -0.39 is 18.1 Å². The van der Waals surface area contributed by atoms with Gasteiger partial charge in [0.25, 0.3) is 0 Å². The molecular formula is C14H26N2O4. The van der Waals surface area contributed by atoms with Crippen LogP contribution in [0.4, 0.5) is 4.79 Å². The zero-order valence-electron chi connectivity index (χ0n) is 12.2. The summed E-state index contributed by atoms with van der Waals surface area (Å²) < 4.78 is 0. The van der Waals surface area contributed by atoms with Gasteiger partial charge in [0.2, 0.25) is 0 Å². The van der Waals surface area contributed by atoms with Gasteiger partial charge in [0.05, 0.1) is 6.10 Å². The molecule has 1 rings (SSSR count). The fourth-order valence-electron chi connectivity index (χ4n) is 2.47. The molecule has 6 nitrogen and oxygen atoms in total. The predicted octanol–water partition coefficient (Wildman–Crippen LogP) is 1.58. The Bertz CT molecular complexity index is 322. The predicted molar refractivity (Wildman–Crippen MR) is 75.5 cm³/mol. The molecular weight excluding hydrogens is 260 g/mol. The number of rotatable bonds is 8. The highest BCUT2D eigenvalue weighted by molar-refractivity contribution is 5.83. The Morgan fingerprint density at radius 2 is 1.85 bits per heavy atom. The van der Waals surface area contributed by atoms with Crippen LogP contribution in [0.1, 0.15) is 51.9 Å². The van der Waals surface area contributed by atoms with E-state index in [1.54, 1.807) is 0 Å². The minimum Gasteiger partial charge on any atom is -0.480 e. The first kappa shape index (κ1) is 16.8. The minimum atomic E-state index is -1.06. The van der Waals surface area contributed by atoms with Gasteiger partial charge in [-0.05, 0) is 6.42 Å². The van der Waals surface area contributed by atoms with E-state index in [1.807, 2.05) is 0 Å². The maximum absolute atomic E-state index is 11.9. The molecule has 0 bridgehead atoms. The van der Waals surface area contributed by atoms with Crippen molar-refractivity contribution < 1.29 is 19.8 Å². The van der Waals surface area contributed by atoms with Crippen LogP contribution in [0.25, 0.3) is 0 Å². The third-order valence-corrected chi connectivity index (χ3v) is 3.63. The van der Waals surface area contributed by atoms with Crippen molar-refractivity contribution in [3.63, 3.8) is 0 Å². The van der Waals surface area contributed by atoms with Gasteiger partial charge in [-0.25, -0.2) is 9.59 Å². The quantitative estimate of drug-likeness (QED) is 0.591. The van der Waals surface area contributed by atoms with Gasteiger partial charge in [0.15, 0.2) is 0 Å². The van der Waals surface area contributed by atoms with Crippen molar-refractivity contribution >= 4 is 12.0 Å². The molecule has 1 aliphatic rings. The zero-order valence-corrected chi connectivity index (χ0v) is 12.2. The number of carboxylic acid groups (broad SMARTS) is 1. The van der Waals surface area contributed by atoms with Crippen LogP contribution < -0.4 is 5.32 Å². The van der Waals surface area contributed by atoms with Gasteiger partial charge >= 0.3 is 12.0 Å². The molecule has 2 amide bonds. The van der Waals surface area contributed by atoms with Crippen molar-refractivity contribution in [1.82, 2.24) is 10.2 Å². The third-order valence-electron chi connectivity index (χ3n) is 3.63. The van der Waals surface area contributed by atoms with Crippen LogP contribution in [-0.2, 0) is 4.79 Å². The van der Waals surface area contributed by atoms with Crippen molar-refractivity contribution in [2.45, 2.75) is 64.0 Å². The van der Waals surface area contributed by atoms with E-state index in [-0.39, 0.29) is 19.0 Å². The number of nitrogens with one attached hydrogen (secondary N) is 1. The van der Waals surface area contributed by atoms with E-state index in [2.05, 4.69) is 12.2 Å². The first-order valence-electron chi connectivity index (χ1n) is 7.51. The van der Waals surface area contributed by atoms with Crippen LogP contribution in [0.3, 0.4) is 0 Å². The van der Waals surface area contributed by atoms with Gasteiger partial charge in [0, 0.05) is 19.5 Å². The second kappa shape index (κ2) is 8.79. The van der Waals surface area contributed by atoms with Crippen LogP contribution >= 0.6 is 0 Å². The van der Waals surface area contributed by atoms with Gasteiger partial charge in [-0.1, -0.05) is 39.0 Å². The molecule has 1 saturated heterocycles. The fraction of sp³-hybridized carbons (Fsp3) is 0.857. The molecule has 0 aliphatic carbocycles. The number of unbranched alkanes of at least 4 members (excludes halogenated alkanes) is 5. The van der Waals surface area contributed by atoms with Crippen molar-refractivity contribution in [3.05, 3.63) is 0 Å². The van der Waals surface area contributed by atoms with Crippen molar-refractivity contribution in [3.8, 4) is 0 Å². The van der Waals surface area contributed by atoms with Gasteiger partial charge in [-0.3, -0.25) is 0 Å². The number of aliphatic hydroxyl groups excluding tert-OH is 1. The molecule has 6 heteroatoms. The van der Waals surface area contributed by atoms with Gasteiger partial charge in [0.1, 0.15) is 6.04 Å². The second-order valence-corrected chi connectivity index (χ2v) is 5.40. The number of β-amino-alcohol motifs (C(OH)–C–C–N with tert-alkyl or cyclic N) is 1. The molecule has 0 aromatic carbocycles. The molecule has 1 aliphatic heterocycles. The number of carbonyl (C=O) groups excluding carboxylic acids is 1. The Balaban J connectivity index is 2.20. The summed E-state index contributed by atoms with van der Waals surface area (Å²) in [4.78, 5) is 24.1. The number of hydrogen-bond donors (Lipinski definition) is 3. The van der Waals surface area contributed by atoms with Gasteiger partial charge in [-0.15, -0.1) is 0 Å². The normalized spacial score (nSPS) is 22.0. The summed E-state index contributed by atoms with van der Waals surface area (Å²) in [5, 5.41) is 21.2. The topological polar surface area (TPSA) is 89.9 Å². The number of urea groups is 1. The first-order valence-corrected chi connectivity index (χ1v) is 7.51. The Labute approximate surface area is 120 Å². The standard InChI is InChI=1S/C14H26N2O4/c1-2-3-4-5-6-7-8-15-14(20)16-10-11(17)9-12(16)13(18)19/h11-12,17H,2-10H2,1H3,(H,15,20)(H,18,19)/t11-,12-/m0/s1.